The second-order valence-corrected chi connectivity index (χ2v) is 5.99. The van der Waals surface area contributed by atoms with Gasteiger partial charge in [0.2, 0.25) is 5.91 Å². The number of amides is 1. The van der Waals surface area contributed by atoms with E-state index in [0.29, 0.717) is 52.5 Å². The number of carbonyl (C=O) groups is 1. The summed E-state index contributed by atoms with van der Waals surface area (Å²) in [6.45, 7) is 4.78. The molecule has 6 nitrogen and oxygen atoms in total. The standard InChI is InChI=1S/C21H24ClNO5/c1-5-27-15-8-9-18(28-6-2)17(13-15)23-20(24)10-7-14-11-16(22)21(26-4)19(12-14)25-3/h7-13H,5-6H2,1-4H3,(H,23,24)/b10-7+. The van der Waals surface area contributed by atoms with Gasteiger partial charge in [0.25, 0.3) is 0 Å². The Balaban J connectivity index is 2.19. The number of halogens is 1. The summed E-state index contributed by atoms with van der Waals surface area (Å²) < 4.78 is 21.5. The first-order valence-corrected chi connectivity index (χ1v) is 9.20. The molecular weight excluding hydrogens is 382 g/mol. The van der Waals surface area contributed by atoms with E-state index in [2.05, 4.69) is 5.32 Å². The van der Waals surface area contributed by atoms with Gasteiger partial charge in [-0.15, -0.1) is 0 Å². The lowest BCUT2D eigenvalue weighted by molar-refractivity contribution is -0.111. The molecular formula is C21H24ClNO5. The van der Waals surface area contributed by atoms with Crippen molar-refractivity contribution in [2.24, 2.45) is 0 Å². The first kappa shape index (κ1) is 21.4. The SMILES string of the molecule is CCOc1ccc(OCC)c(NC(=O)/C=C/c2cc(Cl)c(OC)c(OC)c2)c1. The van der Waals surface area contributed by atoms with Crippen LogP contribution in [0.1, 0.15) is 19.4 Å². The molecule has 0 aliphatic carbocycles. The molecule has 0 aromatic heterocycles. The van der Waals surface area contributed by atoms with Crippen LogP contribution in [0, 0.1) is 0 Å². The molecule has 2 aromatic rings. The van der Waals surface area contributed by atoms with Crippen LogP contribution in [0.25, 0.3) is 6.08 Å². The topological polar surface area (TPSA) is 66.0 Å². The molecule has 1 amide bonds. The highest BCUT2D eigenvalue weighted by Gasteiger charge is 2.11. The number of carbonyl (C=O) groups excluding carboxylic acids is 1. The van der Waals surface area contributed by atoms with Crippen molar-refractivity contribution >= 4 is 29.3 Å². The number of hydrogen-bond acceptors (Lipinski definition) is 5. The van der Waals surface area contributed by atoms with Crippen LogP contribution < -0.4 is 24.3 Å². The highest BCUT2D eigenvalue weighted by atomic mass is 35.5. The van der Waals surface area contributed by atoms with Crippen molar-refractivity contribution in [3.05, 3.63) is 47.0 Å². The maximum atomic E-state index is 12.4. The van der Waals surface area contributed by atoms with Gasteiger partial charge in [-0.1, -0.05) is 11.6 Å². The molecule has 0 fully saturated rings. The van der Waals surface area contributed by atoms with Gasteiger partial charge in [0.05, 0.1) is 38.1 Å². The van der Waals surface area contributed by atoms with Crippen LogP contribution in [0.3, 0.4) is 0 Å². The minimum Gasteiger partial charge on any atom is -0.494 e. The normalized spacial score (nSPS) is 10.6. The van der Waals surface area contributed by atoms with E-state index in [1.54, 1.807) is 36.4 Å². The van der Waals surface area contributed by atoms with Gasteiger partial charge in [-0.05, 0) is 49.8 Å². The Morgan fingerprint density at radius 3 is 2.43 bits per heavy atom. The molecule has 0 saturated carbocycles. The lowest BCUT2D eigenvalue weighted by Crippen LogP contribution is -2.10. The zero-order valence-electron chi connectivity index (χ0n) is 16.4. The first-order chi connectivity index (χ1) is 13.5. The first-order valence-electron chi connectivity index (χ1n) is 8.82. The van der Waals surface area contributed by atoms with Crippen molar-refractivity contribution in [1.29, 1.82) is 0 Å². The van der Waals surface area contributed by atoms with Gasteiger partial charge in [-0.3, -0.25) is 4.79 Å². The van der Waals surface area contributed by atoms with Crippen LogP contribution in [0.2, 0.25) is 5.02 Å². The molecule has 0 heterocycles. The fourth-order valence-electron chi connectivity index (χ4n) is 2.53. The smallest absolute Gasteiger partial charge is 0.248 e. The Morgan fingerprint density at radius 1 is 1.04 bits per heavy atom. The number of anilines is 1. The number of rotatable bonds is 9. The number of methoxy groups -OCH3 is 2. The Morgan fingerprint density at radius 2 is 1.79 bits per heavy atom. The average molecular weight is 406 g/mol. The second kappa shape index (κ2) is 10.5. The van der Waals surface area contributed by atoms with Gasteiger partial charge in [-0.25, -0.2) is 0 Å². The molecule has 0 spiro atoms. The molecule has 0 radical (unpaired) electrons. The zero-order valence-corrected chi connectivity index (χ0v) is 17.1. The summed E-state index contributed by atoms with van der Waals surface area (Å²) in [6, 6.07) is 8.71. The van der Waals surface area contributed by atoms with Crippen molar-refractivity contribution in [1.82, 2.24) is 0 Å². The van der Waals surface area contributed by atoms with Crippen LogP contribution in [0.15, 0.2) is 36.4 Å². The molecule has 7 heteroatoms. The Kier molecular flexibility index (Phi) is 8.02. The van der Waals surface area contributed by atoms with E-state index in [0.717, 1.165) is 0 Å². The van der Waals surface area contributed by atoms with E-state index in [-0.39, 0.29) is 5.91 Å². The fraction of sp³-hybridized carbons (Fsp3) is 0.286. The number of ether oxygens (including phenoxy) is 4. The van der Waals surface area contributed by atoms with Gasteiger partial charge >= 0.3 is 0 Å². The predicted molar refractivity (Wildman–Crippen MR) is 111 cm³/mol. The van der Waals surface area contributed by atoms with Gasteiger partial charge in [0, 0.05) is 12.1 Å². The fourth-order valence-corrected chi connectivity index (χ4v) is 2.82. The second-order valence-electron chi connectivity index (χ2n) is 5.58. The van der Waals surface area contributed by atoms with Crippen molar-refractivity contribution < 1.29 is 23.7 Å². The summed E-state index contributed by atoms with van der Waals surface area (Å²) in [5, 5.41) is 3.20. The quantitative estimate of drug-likeness (QED) is 0.606. The molecule has 28 heavy (non-hydrogen) atoms. The summed E-state index contributed by atoms with van der Waals surface area (Å²) >= 11 is 6.19. The van der Waals surface area contributed by atoms with Crippen molar-refractivity contribution in [2.45, 2.75) is 13.8 Å². The Labute approximate surface area is 170 Å². The lowest BCUT2D eigenvalue weighted by Gasteiger charge is -2.13. The largest absolute Gasteiger partial charge is 0.494 e. The Bertz CT molecular complexity index is 851. The van der Waals surface area contributed by atoms with Crippen molar-refractivity contribution in [3.63, 3.8) is 0 Å². The van der Waals surface area contributed by atoms with Gasteiger partial charge < -0.3 is 24.3 Å². The van der Waals surface area contributed by atoms with E-state index >= 15 is 0 Å². The summed E-state index contributed by atoms with van der Waals surface area (Å²) in [4.78, 5) is 12.4. The van der Waals surface area contributed by atoms with Crippen LogP contribution in [0.4, 0.5) is 5.69 Å². The summed E-state index contributed by atoms with van der Waals surface area (Å²) in [5.74, 6) is 1.83. The zero-order chi connectivity index (χ0) is 20.5. The monoisotopic (exact) mass is 405 g/mol. The summed E-state index contributed by atoms with van der Waals surface area (Å²) in [7, 11) is 3.04. The van der Waals surface area contributed by atoms with Crippen LogP contribution in [0.5, 0.6) is 23.0 Å². The molecule has 0 bridgehead atoms. The van der Waals surface area contributed by atoms with E-state index < -0.39 is 0 Å². The minimum atomic E-state index is -0.319. The lowest BCUT2D eigenvalue weighted by atomic mass is 10.2. The van der Waals surface area contributed by atoms with Crippen molar-refractivity contribution in [2.75, 3.05) is 32.8 Å². The number of hydrogen-bond donors (Lipinski definition) is 1. The summed E-state index contributed by atoms with van der Waals surface area (Å²) in [5.41, 5.74) is 1.23. The van der Waals surface area contributed by atoms with E-state index in [4.69, 9.17) is 30.5 Å². The molecule has 0 unspecified atom stereocenters. The van der Waals surface area contributed by atoms with Gasteiger partial charge in [0.1, 0.15) is 11.5 Å². The molecule has 2 rings (SSSR count). The molecule has 0 aliphatic heterocycles. The number of nitrogens with one attached hydrogen (secondary N) is 1. The number of benzene rings is 2. The van der Waals surface area contributed by atoms with Crippen molar-refractivity contribution in [3.8, 4) is 23.0 Å². The van der Waals surface area contributed by atoms with Gasteiger partial charge in [-0.2, -0.15) is 0 Å². The third-order valence-corrected chi connectivity index (χ3v) is 3.98. The molecule has 0 aliphatic rings. The molecule has 1 N–H and O–H groups in total. The van der Waals surface area contributed by atoms with E-state index in [1.165, 1.54) is 20.3 Å². The third-order valence-electron chi connectivity index (χ3n) is 3.70. The minimum absolute atomic E-state index is 0.319. The highest BCUT2D eigenvalue weighted by molar-refractivity contribution is 6.32. The molecule has 0 atom stereocenters. The molecule has 150 valence electrons. The predicted octanol–water partition coefficient (Wildman–Crippen LogP) is 4.81. The van der Waals surface area contributed by atoms with Crippen LogP contribution >= 0.6 is 11.6 Å². The third kappa shape index (κ3) is 5.57. The molecule has 2 aromatic carbocycles. The van der Waals surface area contributed by atoms with E-state index in [9.17, 15) is 4.79 Å². The van der Waals surface area contributed by atoms with E-state index in [1.807, 2.05) is 13.8 Å². The maximum absolute atomic E-state index is 12.4. The van der Waals surface area contributed by atoms with Gasteiger partial charge in [0.15, 0.2) is 11.5 Å². The molecule has 0 saturated heterocycles. The van der Waals surface area contributed by atoms with Crippen LogP contribution in [-0.2, 0) is 4.79 Å². The highest BCUT2D eigenvalue weighted by Crippen LogP contribution is 2.36. The Hall–Kier alpha value is -2.86. The average Bonchev–Trinajstić information content (AvgIpc) is 2.68. The van der Waals surface area contributed by atoms with Crippen LogP contribution in [-0.4, -0.2) is 33.3 Å². The maximum Gasteiger partial charge on any atom is 0.248 e. The summed E-state index contributed by atoms with van der Waals surface area (Å²) in [6.07, 6.45) is 3.04.